The normalized spacial score (nSPS) is 10.6. The summed E-state index contributed by atoms with van der Waals surface area (Å²) in [5.74, 6) is -1.00. The predicted octanol–water partition coefficient (Wildman–Crippen LogP) is 1.39. The molecule has 0 unspecified atom stereocenters. The third-order valence-electron chi connectivity index (χ3n) is 2.58. The van der Waals surface area contributed by atoms with Crippen LogP contribution in [0, 0.1) is 0 Å². The summed E-state index contributed by atoms with van der Waals surface area (Å²) in [6.07, 6.45) is 6.08. The zero-order chi connectivity index (χ0) is 15.4. The van der Waals surface area contributed by atoms with Crippen LogP contribution in [0.15, 0.2) is 24.8 Å². The van der Waals surface area contributed by atoms with Crippen molar-refractivity contribution in [2.75, 3.05) is 10.6 Å². The van der Waals surface area contributed by atoms with Crippen LogP contribution < -0.4 is 10.6 Å². The van der Waals surface area contributed by atoms with Crippen LogP contribution in [0.3, 0.4) is 0 Å². The number of carbonyl (C=O) groups is 2. The molecule has 0 spiro atoms. The Balaban J connectivity index is 1.91. The van der Waals surface area contributed by atoms with Gasteiger partial charge in [0.2, 0.25) is 0 Å². The van der Waals surface area contributed by atoms with Crippen LogP contribution in [0.4, 0.5) is 16.2 Å². The summed E-state index contributed by atoms with van der Waals surface area (Å²) in [5, 5.41) is 21.7. The highest BCUT2D eigenvalue weighted by Gasteiger charge is 2.08. The van der Waals surface area contributed by atoms with Gasteiger partial charge < -0.3 is 15.7 Å². The summed E-state index contributed by atoms with van der Waals surface area (Å²) >= 11 is 0. The maximum Gasteiger partial charge on any atom is 0.325 e. The van der Waals surface area contributed by atoms with E-state index in [1.54, 1.807) is 17.1 Å². The number of aliphatic carboxylic acids is 1. The molecule has 0 fully saturated rings. The molecule has 2 heterocycles. The summed E-state index contributed by atoms with van der Waals surface area (Å²) in [7, 11) is 0. The van der Waals surface area contributed by atoms with Crippen LogP contribution in [0.1, 0.15) is 19.9 Å². The van der Waals surface area contributed by atoms with E-state index in [2.05, 4.69) is 20.8 Å². The Labute approximate surface area is 120 Å². The number of hydrogen-bond acceptors (Lipinski definition) is 4. The minimum absolute atomic E-state index is 0.206. The van der Waals surface area contributed by atoms with Gasteiger partial charge in [-0.2, -0.15) is 10.2 Å². The highest BCUT2D eigenvalue weighted by molar-refractivity contribution is 5.99. The third kappa shape index (κ3) is 4.06. The summed E-state index contributed by atoms with van der Waals surface area (Å²) in [4.78, 5) is 22.3. The van der Waals surface area contributed by atoms with Gasteiger partial charge >= 0.3 is 12.0 Å². The molecule has 9 nitrogen and oxygen atoms in total. The minimum Gasteiger partial charge on any atom is -0.480 e. The molecule has 2 amide bonds. The Morgan fingerprint density at radius 2 is 1.81 bits per heavy atom. The molecule has 2 aromatic rings. The maximum atomic E-state index is 11.8. The highest BCUT2D eigenvalue weighted by atomic mass is 16.4. The number of nitrogens with zero attached hydrogens (tertiary/aromatic N) is 4. The minimum atomic E-state index is -1.00. The molecular weight excluding hydrogens is 276 g/mol. The molecule has 0 aliphatic carbocycles. The average molecular weight is 292 g/mol. The zero-order valence-electron chi connectivity index (χ0n) is 11.6. The van der Waals surface area contributed by atoms with Gasteiger partial charge in [0, 0.05) is 18.4 Å². The third-order valence-corrected chi connectivity index (χ3v) is 2.58. The van der Waals surface area contributed by atoms with Crippen molar-refractivity contribution in [3.05, 3.63) is 24.8 Å². The second-order valence-electron chi connectivity index (χ2n) is 4.70. The van der Waals surface area contributed by atoms with Gasteiger partial charge in [-0.3, -0.25) is 14.2 Å². The fourth-order valence-corrected chi connectivity index (χ4v) is 1.63. The van der Waals surface area contributed by atoms with E-state index in [4.69, 9.17) is 5.11 Å². The summed E-state index contributed by atoms with van der Waals surface area (Å²) < 4.78 is 2.94. The molecule has 21 heavy (non-hydrogen) atoms. The van der Waals surface area contributed by atoms with E-state index in [1.807, 2.05) is 13.8 Å². The standard InChI is InChI=1S/C12H16N6O3/c1-8(2)18-6-10(4-14-18)16-12(21)15-9-3-13-17(5-9)7-11(19)20/h3-6,8H,7H2,1-2H3,(H,19,20)(H2,15,16,21). The average Bonchev–Trinajstić information content (AvgIpc) is 2.98. The molecule has 9 heteroatoms. The SMILES string of the molecule is CC(C)n1cc(NC(=O)Nc2cnn(CC(=O)O)c2)cn1. The number of carboxylic acids is 1. The van der Waals surface area contributed by atoms with Crippen molar-refractivity contribution in [3.8, 4) is 0 Å². The number of carbonyl (C=O) groups excluding carboxylic acids is 1. The fraction of sp³-hybridized carbons (Fsp3) is 0.333. The maximum absolute atomic E-state index is 11.8. The number of nitrogens with one attached hydrogen (secondary N) is 2. The molecule has 0 saturated heterocycles. The Bertz CT molecular complexity index is 645. The molecular formula is C12H16N6O3. The number of carboxylic acid groups (broad SMARTS) is 1. The fourth-order valence-electron chi connectivity index (χ4n) is 1.63. The summed E-state index contributed by atoms with van der Waals surface area (Å²) in [6, 6.07) is -0.244. The molecule has 2 rings (SSSR count). The van der Waals surface area contributed by atoms with Gasteiger partial charge in [0.25, 0.3) is 0 Å². The lowest BCUT2D eigenvalue weighted by Crippen LogP contribution is -2.18. The molecule has 112 valence electrons. The van der Waals surface area contributed by atoms with E-state index in [0.717, 1.165) is 0 Å². The number of hydrogen-bond donors (Lipinski definition) is 3. The molecule has 3 N–H and O–H groups in total. The Hall–Kier alpha value is -2.84. The Morgan fingerprint density at radius 3 is 2.38 bits per heavy atom. The number of rotatable bonds is 5. The van der Waals surface area contributed by atoms with Crippen LogP contribution in [0.25, 0.3) is 0 Å². The highest BCUT2D eigenvalue weighted by Crippen LogP contribution is 2.11. The quantitative estimate of drug-likeness (QED) is 0.770. The van der Waals surface area contributed by atoms with E-state index in [9.17, 15) is 9.59 Å². The first-order valence-electron chi connectivity index (χ1n) is 6.30. The van der Waals surface area contributed by atoms with Gasteiger partial charge in [-0.1, -0.05) is 0 Å². The zero-order valence-corrected chi connectivity index (χ0v) is 11.6. The number of amides is 2. The monoisotopic (exact) mass is 292 g/mol. The second-order valence-corrected chi connectivity index (χ2v) is 4.70. The smallest absolute Gasteiger partial charge is 0.325 e. The lowest BCUT2D eigenvalue weighted by Gasteiger charge is -2.04. The molecule has 0 radical (unpaired) electrons. The summed E-state index contributed by atoms with van der Waals surface area (Å²) in [6.45, 7) is 3.70. The van der Waals surface area contributed by atoms with Crippen molar-refractivity contribution in [1.82, 2.24) is 19.6 Å². The van der Waals surface area contributed by atoms with E-state index in [0.29, 0.717) is 11.4 Å². The van der Waals surface area contributed by atoms with Crippen molar-refractivity contribution in [3.63, 3.8) is 0 Å². The first-order chi connectivity index (χ1) is 9.94. The first-order valence-corrected chi connectivity index (χ1v) is 6.30. The van der Waals surface area contributed by atoms with E-state index < -0.39 is 12.0 Å². The van der Waals surface area contributed by atoms with Crippen LogP contribution >= 0.6 is 0 Å². The van der Waals surface area contributed by atoms with E-state index >= 15 is 0 Å². The number of anilines is 2. The van der Waals surface area contributed by atoms with Crippen LogP contribution in [0.5, 0.6) is 0 Å². The largest absolute Gasteiger partial charge is 0.480 e. The van der Waals surface area contributed by atoms with Crippen molar-refractivity contribution >= 4 is 23.4 Å². The molecule has 2 aromatic heterocycles. The lowest BCUT2D eigenvalue weighted by atomic mass is 10.4. The van der Waals surface area contributed by atoms with Crippen molar-refractivity contribution in [2.45, 2.75) is 26.4 Å². The van der Waals surface area contributed by atoms with Gasteiger partial charge in [-0.15, -0.1) is 0 Å². The van der Waals surface area contributed by atoms with Crippen molar-refractivity contribution < 1.29 is 14.7 Å². The van der Waals surface area contributed by atoms with Crippen LogP contribution in [-0.2, 0) is 11.3 Å². The molecule has 0 bridgehead atoms. The van der Waals surface area contributed by atoms with Gasteiger partial charge in [-0.25, -0.2) is 4.79 Å². The first kappa shape index (κ1) is 14.6. The van der Waals surface area contributed by atoms with Gasteiger partial charge in [0.05, 0.1) is 23.8 Å². The number of urea groups is 1. The molecule has 0 saturated carbocycles. The molecule has 0 atom stereocenters. The van der Waals surface area contributed by atoms with E-state index in [-0.39, 0.29) is 12.6 Å². The van der Waals surface area contributed by atoms with Crippen LogP contribution in [0.2, 0.25) is 0 Å². The van der Waals surface area contributed by atoms with Crippen molar-refractivity contribution in [2.24, 2.45) is 0 Å². The molecule has 0 aliphatic heterocycles. The van der Waals surface area contributed by atoms with Gasteiger partial charge in [0.1, 0.15) is 6.54 Å². The Kier molecular flexibility index (Phi) is 4.21. The number of aromatic nitrogens is 4. The topological polar surface area (TPSA) is 114 Å². The van der Waals surface area contributed by atoms with Gasteiger partial charge in [-0.05, 0) is 13.8 Å². The van der Waals surface area contributed by atoms with Crippen molar-refractivity contribution in [1.29, 1.82) is 0 Å². The lowest BCUT2D eigenvalue weighted by molar-refractivity contribution is -0.137. The second kappa shape index (κ2) is 6.07. The summed E-state index contributed by atoms with van der Waals surface area (Å²) in [5.41, 5.74) is 0.976. The Morgan fingerprint density at radius 1 is 1.19 bits per heavy atom. The molecule has 0 aliphatic rings. The predicted molar refractivity (Wildman–Crippen MR) is 75.1 cm³/mol. The van der Waals surface area contributed by atoms with Gasteiger partial charge in [0.15, 0.2) is 0 Å². The van der Waals surface area contributed by atoms with E-state index in [1.165, 1.54) is 17.1 Å². The molecule has 0 aromatic carbocycles. The van der Waals surface area contributed by atoms with Crippen LogP contribution in [-0.4, -0.2) is 36.7 Å².